The van der Waals surface area contributed by atoms with Gasteiger partial charge < -0.3 is 27.2 Å². The van der Waals surface area contributed by atoms with Gasteiger partial charge in [-0.3, -0.25) is 0 Å². The van der Waals surface area contributed by atoms with E-state index >= 15 is 0 Å². The lowest BCUT2D eigenvalue weighted by Crippen LogP contribution is -2.19. The van der Waals surface area contributed by atoms with Crippen LogP contribution in [0.1, 0.15) is 25.0 Å². The Morgan fingerprint density at radius 1 is 1.11 bits per heavy atom. The van der Waals surface area contributed by atoms with Crippen LogP contribution in [0.2, 0.25) is 0 Å². The highest BCUT2D eigenvalue weighted by Gasteiger charge is 2.20. The Bertz CT molecular complexity index is 1480. The zero-order valence-corrected chi connectivity index (χ0v) is 21.4. The van der Waals surface area contributed by atoms with Crippen LogP contribution in [0.3, 0.4) is 0 Å². The summed E-state index contributed by atoms with van der Waals surface area (Å²) in [6.07, 6.45) is 5.26. The average molecular weight is 516 g/mol. The number of nitrogen functional groups attached to an aromatic ring is 1. The number of aliphatic carboxylic acids is 1. The molecule has 0 radical (unpaired) electrons. The van der Waals surface area contributed by atoms with Crippen LogP contribution in [0, 0.1) is 5.41 Å². The van der Waals surface area contributed by atoms with E-state index in [1.54, 1.807) is 29.7 Å². The van der Waals surface area contributed by atoms with Gasteiger partial charge in [-0.05, 0) is 58.2 Å². The smallest absolute Gasteiger partial charge is 0.327 e. The van der Waals surface area contributed by atoms with Crippen molar-refractivity contribution in [1.82, 2.24) is 4.98 Å². The van der Waals surface area contributed by atoms with Gasteiger partial charge in [0.2, 0.25) is 0 Å². The second-order valence-corrected chi connectivity index (χ2v) is 10.3. The summed E-state index contributed by atoms with van der Waals surface area (Å²) < 4.78 is 1.03. The third-order valence-corrected chi connectivity index (χ3v) is 6.95. The fourth-order valence-corrected chi connectivity index (χ4v) is 5.21. The summed E-state index contributed by atoms with van der Waals surface area (Å²) in [5.74, 6) is -0.529. The minimum atomic E-state index is -0.969. The number of fused-ring (bicyclic) bond motifs is 1. The molecule has 7 N–H and O–H groups in total. The summed E-state index contributed by atoms with van der Waals surface area (Å²) in [5, 5.41) is 17.6. The van der Waals surface area contributed by atoms with E-state index in [2.05, 4.69) is 15.6 Å². The lowest BCUT2D eigenvalue weighted by molar-refractivity contribution is -0.131. The Labute approximate surface area is 219 Å². The number of benzene rings is 2. The highest BCUT2D eigenvalue weighted by molar-refractivity contribution is 7.18. The van der Waals surface area contributed by atoms with Crippen LogP contribution < -0.4 is 22.1 Å². The van der Waals surface area contributed by atoms with Crippen molar-refractivity contribution < 1.29 is 14.7 Å². The van der Waals surface area contributed by atoms with Gasteiger partial charge >= 0.3 is 12.0 Å². The molecule has 2 aromatic heterocycles. The molecule has 0 atom stereocenters. The lowest BCUT2D eigenvalue weighted by Gasteiger charge is -2.20. The van der Waals surface area contributed by atoms with Crippen molar-refractivity contribution in [1.29, 1.82) is 0 Å². The van der Waals surface area contributed by atoms with E-state index in [1.807, 2.05) is 61.7 Å². The number of urea groups is 1. The van der Waals surface area contributed by atoms with Crippen molar-refractivity contribution >= 4 is 50.6 Å². The normalized spacial score (nSPS) is 11.6. The first-order valence-corrected chi connectivity index (χ1v) is 12.6. The molecular formula is C28H29N5O3S. The molecular weight excluding hydrogens is 486 g/mol. The lowest BCUT2D eigenvalue weighted by atomic mass is 9.85. The Balaban J connectivity index is 1.53. The third kappa shape index (κ3) is 6.32. The van der Waals surface area contributed by atoms with Crippen LogP contribution in [0.5, 0.6) is 0 Å². The molecule has 0 fully saturated rings. The summed E-state index contributed by atoms with van der Waals surface area (Å²) in [5.41, 5.74) is 16.8. The van der Waals surface area contributed by atoms with E-state index in [0.717, 1.165) is 32.3 Å². The van der Waals surface area contributed by atoms with Crippen LogP contribution in [0.25, 0.3) is 21.2 Å². The number of anilines is 3. The number of pyridine rings is 1. The number of amides is 2. The highest BCUT2D eigenvalue weighted by Crippen LogP contribution is 2.40. The number of allylic oxidation sites excluding steroid dienone is 1. The number of carboxylic acid groups (broad SMARTS) is 1. The van der Waals surface area contributed by atoms with Crippen molar-refractivity contribution in [2.24, 2.45) is 11.1 Å². The molecule has 2 heterocycles. The largest absolute Gasteiger partial charge is 0.478 e. The fraction of sp³-hybridized carbons (Fsp3) is 0.179. The van der Waals surface area contributed by atoms with E-state index in [9.17, 15) is 9.59 Å². The minimum Gasteiger partial charge on any atom is -0.478 e. The number of hydrogen-bond donors (Lipinski definition) is 5. The Kier molecular flexibility index (Phi) is 7.56. The molecule has 0 saturated heterocycles. The summed E-state index contributed by atoms with van der Waals surface area (Å²) in [6, 6.07) is 14.6. The second-order valence-electron chi connectivity index (χ2n) is 9.42. The number of thiophene rings is 1. The van der Waals surface area contributed by atoms with Gasteiger partial charge in [0.05, 0.1) is 0 Å². The molecule has 0 aliphatic heterocycles. The number of hydrogen-bond acceptors (Lipinski definition) is 6. The molecule has 8 nitrogen and oxygen atoms in total. The van der Waals surface area contributed by atoms with E-state index in [-0.39, 0.29) is 11.4 Å². The quantitative estimate of drug-likeness (QED) is 0.186. The highest BCUT2D eigenvalue weighted by atomic mass is 32.1. The predicted molar refractivity (Wildman–Crippen MR) is 151 cm³/mol. The van der Waals surface area contributed by atoms with Gasteiger partial charge in [0.1, 0.15) is 5.82 Å². The summed E-state index contributed by atoms with van der Waals surface area (Å²) in [4.78, 5) is 27.8. The maximum absolute atomic E-state index is 12.4. The molecule has 0 bridgehead atoms. The van der Waals surface area contributed by atoms with Crippen molar-refractivity contribution in [2.75, 3.05) is 16.4 Å². The molecule has 0 saturated carbocycles. The first-order chi connectivity index (χ1) is 17.6. The summed E-state index contributed by atoms with van der Waals surface area (Å²) in [7, 11) is 0. The number of aromatic nitrogens is 1. The van der Waals surface area contributed by atoms with Crippen molar-refractivity contribution in [3.63, 3.8) is 0 Å². The molecule has 190 valence electrons. The van der Waals surface area contributed by atoms with Crippen molar-refractivity contribution in [3.8, 4) is 11.1 Å². The number of carboxylic acids is 1. The molecule has 0 aliphatic carbocycles. The van der Waals surface area contributed by atoms with Gasteiger partial charge in [0, 0.05) is 45.8 Å². The number of nitrogens with one attached hydrogen (secondary N) is 2. The van der Waals surface area contributed by atoms with Gasteiger partial charge in [-0.2, -0.15) is 0 Å². The fourth-order valence-electron chi connectivity index (χ4n) is 4.11. The molecule has 0 aliphatic rings. The van der Waals surface area contributed by atoms with Crippen LogP contribution in [-0.4, -0.2) is 22.1 Å². The van der Waals surface area contributed by atoms with E-state index < -0.39 is 5.97 Å². The number of rotatable bonds is 8. The number of carbonyl (C=O) groups excluding carboxylic acids is 1. The zero-order valence-electron chi connectivity index (χ0n) is 20.6. The van der Waals surface area contributed by atoms with Crippen LogP contribution in [0.4, 0.5) is 22.0 Å². The van der Waals surface area contributed by atoms with Gasteiger partial charge in [-0.15, -0.1) is 11.3 Å². The molecule has 4 rings (SSSR count). The predicted octanol–water partition coefficient (Wildman–Crippen LogP) is 5.86. The van der Waals surface area contributed by atoms with Gasteiger partial charge in [0.15, 0.2) is 0 Å². The van der Waals surface area contributed by atoms with E-state index in [1.165, 1.54) is 6.08 Å². The Morgan fingerprint density at radius 3 is 2.54 bits per heavy atom. The van der Waals surface area contributed by atoms with Gasteiger partial charge in [-0.1, -0.05) is 44.2 Å². The maximum Gasteiger partial charge on any atom is 0.327 e. The maximum atomic E-state index is 12.4. The number of nitrogens with zero attached hydrogens (tertiary/aromatic N) is 1. The van der Waals surface area contributed by atoms with Crippen LogP contribution >= 0.6 is 11.3 Å². The minimum absolute atomic E-state index is 0.347. The molecule has 0 unspecified atom stereocenters. The number of carbonyl (C=O) groups is 2. The van der Waals surface area contributed by atoms with Crippen molar-refractivity contribution in [2.45, 2.75) is 26.8 Å². The molecule has 0 spiro atoms. The Morgan fingerprint density at radius 2 is 1.84 bits per heavy atom. The van der Waals surface area contributed by atoms with Crippen molar-refractivity contribution in [3.05, 3.63) is 83.4 Å². The second kappa shape index (κ2) is 10.8. The summed E-state index contributed by atoms with van der Waals surface area (Å²) >= 11 is 1.58. The monoisotopic (exact) mass is 515 g/mol. The Hall–Kier alpha value is -4.21. The average Bonchev–Trinajstić information content (AvgIpc) is 3.31. The molecule has 37 heavy (non-hydrogen) atoms. The third-order valence-electron chi connectivity index (χ3n) is 5.90. The van der Waals surface area contributed by atoms with Gasteiger partial charge in [0.25, 0.3) is 0 Å². The van der Waals surface area contributed by atoms with Gasteiger partial charge in [-0.25, -0.2) is 14.6 Å². The first-order valence-electron chi connectivity index (χ1n) is 11.7. The topological polar surface area (TPSA) is 143 Å². The molecule has 9 heteroatoms. The first kappa shape index (κ1) is 25.9. The number of nitrogens with two attached hydrogens (primary N) is 2. The van der Waals surface area contributed by atoms with E-state index in [0.29, 0.717) is 30.2 Å². The standard InChI is InChI=1S/C28H29N5O3S/c1-28(2,11-10-23(34)35)13-19-15-31-26(30)24-22(16-37-25(19)24)18-6-8-20(9-7-18)32-27(36)33-21-5-3-4-17(12-21)14-29/h3-12,15-16H,13-14,29H2,1-2H3,(H2,30,31)(H,34,35)(H2,32,33,36). The zero-order chi connectivity index (χ0) is 26.6. The van der Waals surface area contributed by atoms with Crippen LogP contribution in [0.15, 0.2) is 72.3 Å². The van der Waals surface area contributed by atoms with Crippen LogP contribution in [-0.2, 0) is 17.8 Å². The van der Waals surface area contributed by atoms with E-state index in [4.69, 9.17) is 16.6 Å². The molecule has 4 aromatic rings. The molecule has 2 aromatic carbocycles. The SMILES string of the molecule is CC(C)(C=CC(=O)O)Cc1cnc(N)c2c(-c3ccc(NC(=O)Nc4cccc(CN)c4)cc3)csc12. The summed E-state index contributed by atoms with van der Waals surface area (Å²) in [6.45, 7) is 4.37. The molecule has 2 amide bonds.